The Hall–Kier alpha value is -0.530. The molecule has 1 N–H and O–H groups in total. The maximum atomic E-state index is 11.3. The highest BCUT2D eigenvalue weighted by atomic mass is 35.5. The average molecular weight is 265 g/mol. The zero-order chi connectivity index (χ0) is 13.2. The number of rotatable bonds is 1. The number of aliphatic hydroxyl groups is 1. The van der Waals surface area contributed by atoms with Gasteiger partial charge in [-0.15, -0.1) is 0 Å². The number of halogens is 1. The van der Waals surface area contributed by atoms with Crippen molar-refractivity contribution in [1.82, 2.24) is 0 Å². The van der Waals surface area contributed by atoms with E-state index in [1.165, 1.54) is 6.42 Å². The molecule has 2 aliphatic carbocycles. The summed E-state index contributed by atoms with van der Waals surface area (Å²) < 4.78 is 0. The van der Waals surface area contributed by atoms with Crippen LogP contribution in [0.15, 0.2) is 24.3 Å². The summed E-state index contributed by atoms with van der Waals surface area (Å²) in [6.07, 6.45) is 3.25. The van der Waals surface area contributed by atoms with Crippen molar-refractivity contribution in [3.63, 3.8) is 0 Å². The molecule has 0 heterocycles. The highest BCUT2D eigenvalue weighted by Gasteiger charge is 2.68. The van der Waals surface area contributed by atoms with Gasteiger partial charge in [-0.2, -0.15) is 0 Å². The van der Waals surface area contributed by atoms with E-state index >= 15 is 0 Å². The third-order valence-electron chi connectivity index (χ3n) is 6.21. The van der Waals surface area contributed by atoms with Crippen molar-refractivity contribution in [2.24, 2.45) is 16.7 Å². The minimum absolute atomic E-state index is 0.0293. The van der Waals surface area contributed by atoms with Crippen molar-refractivity contribution in [3.05, 3.63) is 34.9 Å². The molecule has 2 aliphatic rings. The molecule has 3 rings (SSSR count). The molecule has 0 radical (unpaired) electrons. The van der Waals surface area contributed by atoms with Crippen LogP contribution >= 0.6 is 11.6 Å². The van der Waals surface area contributed by atoms with Crippen LogP contribution in [0, 0.1) is 16.7 Å². The van der Waals surface area contributed by atoms with E-state index in [9.17, 15) is 5.11 Å². The molecule has 0 spiro atoms. The van der Waals surface area contributed by atoms with E-state index in [-0.39, 0.29) is 10.8 Å². The fourth-order valence-corrected chi connectivity index (χ4v) is 4.56. The summed E-state index contributed by atoms with van der Waals surface area (Å²) in [6.45, 7) is 6.89. The summed E-state index contributed by atoms with van der Waals surface area (Å²) in [5, 5.41) is 12.0. The number of fused-ring (bicyclic) bond motifs is 2. The maximum Gasteiger partial charge on any atom is 0.0957 e. The summed E-state index contributed by atoms with van der Waals surface area (Å²) >= 11 is 5.95. The lowest BCUT2D eigenvalue weighted by Gasteiger charge is -2.45. The summed E-state index contributed by atoms with van der Waals surface area (Å²) in [4.78, 5) is 0. The molecule has 1 aromatic rings. The molecule has 3 unspecified atom stereocenters. The predicted octanol–water partition coefficient (Wildman–Crippen LogP) is 4.37. The van der Waals surface area contributed by atoms with Gasteiger partial charge in [0.1, 0.15) is 0 Å². The summed E-state index contributed by atoms with van der Waals surface area (Å²) in [5.41, 5.74) is 0.522. The Kier molecular flexibility index (Phi) is 2.44. The second-order valence-corrected chi connectivity index (χ2v) is 7.30. The van der Waals surface area contributed by atoms with Crippen LogP contribution in [0.2, 0.25) is 5.02 Å². The van der Waals surface area contributed by atoms with Crippen LogP contribution in [-0.2, 0) is 5.60 Å². The smallest absolute Gasteiger partial charge is 0.0957 e. The van der Waals surface area contributed by atoms with Crippen LogP contribution in [0.25, 0.3) is 0 Å². The fourth-order valence-electron chi connectivity index (χ4n) is 4.44. The summed E-state index contributed by atoms with van der Waals surface area (Å²) in [6, 6.07) is 7.75. The zero-order valence-corrected chi connectivity index (χ0v) is 12.1. The van der Waals surface area contributed by atoms with Gasteiger partial charge in [0.15, 0.2) is 0 Å². The first-order valence-electron chi connectivity index (χ1n) is 6.80. The Labute approximate surface area is 114 Å². The quantitative estimate of drug-likeness (QED) is 0.798. The Morgan fingerprint density at radius 1 is 1.17 bits per heavy atom. The van der Waals surface area contributed by atoms with Gasteiger partial charge in [0.25, 0.3) is 0 Å². The lowest BCUT2D eigenvalue weighted by atomic mass is 9.62. The van der Waals surface area contributed by atoms with E-state index in [1.54, 1.807) is 0 Å². The molecule has 2 saturated carbocycles. The Balaban J connectivity index is 2.10. The van der Waals surface area contributed by atoms with Crippen molar-refractivity contribution >= 4 is 11.6 Å². The maximum absolute atomic E-state index is 11.3. The monoisotopic (exact) mass is 264 g/mol. The second-order valence-electron chi connectivity index (χ2n) is 6.86. The molecule has 1 nitrogen and oxygen atoms in total. The van der Waals surface area contributed by atoms with Gasteiger partial charge in [0.2, 0.25) is 0 Å². The molecule has 18 heavy (non-hydrogen) atoms. The molecule has 2 bridgehead atoms. The summed E-state index contributed by atoms with van der Waals surface area (Å²) in [7, 11) is 0. The Morgan fingerprint density at radius 3 is 2.22 bits per heavy atom. The number of hydrogen-bond donors (Lipinski definition) is 1. The molecule has 3 atom stereocenters. The van der Waals surface area contributed by atoms with E-state index in [0.29, 0.717) is 5.92 Å². The first kappa shape index (κ1) is 12.5. The molecule has 0 saturated heterocycles. The molecule has 1 aromatic carbocycles. The van der Waals surface area contributed by atoms with E-state index in [1.807, 2.05) is 24.3 Å². The molecule has 0 aromatic heterocycles. The third kappa shape index (κ3) is 1.27. The van der Waals surface area contributed by atoms with E-state index in [2.05, 4.69) is 20.8 Å². The van der Waals surface area contributed by atoms with Gasteiger partial charge in [-0.3, -0.25) is 0 Å². The molecule has 2 fully saturated rings. The van der Waals surface area contributed by atoms with Gasteiger partial charge >= 0.3 is 0 Å². The van der Waals surface area contributed by atoms with Gasteiger partial charge in [0, 0.05) is 10.4 Å². The predicted molar refractivity (Wildman–Crippen MR) is 74.6 cm³/mol. The third-order valence-corrected chi connectivity index (χ3v) is 6.46. The van der Waals surface area contributed by atoms with Crippen molar-refractivity contribution in [2.75, 3.05) is 0 Å². The van der Waals surface area contributed by atoms with Crippen LogP contribution in [0.1, 0.15) is 45.6 Å². The van der Waals surface area contributed by atoms with E-state index < -0.39 is 5.60 Å². The first-order valence-corrected chi connectivity index (χ1v) is 7.17. The van der Waals surface area contributed by atoms with Gasteiger partial charge < -0.3 is 5.11 Å². The van der Waals surface area contributed by atoms with Gasteiger partial charge in [-0.25, -0.2) is 0 Å². The van der Waals surface area contributed by atoms with Gasteiger partial charge in [0.05, 0.1) is 5.60 Å². The van der Waals surface area contributed by atoms with E-state index in [0.717, 1.165) is 23.4 Å². The highest BCUT2D eigenvalue weighted by molar-refractivity contribution is 6.30. The van der Waals surface area contributed by atoms with Crippen LogP contribution in [0.3, 0.4) is 0 Å². The summed E-state index contributed by atoms with van der Waals surface area (Å²) in [5.74, 6) is 0.628. The topological polar surface area (TPSA) is 20.2 Å². The van der Waals surface area contributed by atoms with Crippen molar-refractivity contribution in [2.45, 2.75) is 45.6 Å². The van der Waals surface area contributed by atoms with Crippen LogP contribution in [-0.4, -0.2) is 5.11 Å². The molecular formula is C16H21ClO. The number of hydrogen-bond acceptors (Lipinski definition) is 1. The number of benzene rings is 1. The molecule has 2 heteroatoms. The lowest BCUT2D eigenvalue weighted by molar-refractivity contribution is -0.0957. The standard InChI is InChI=1S/C16H21ClO/c1-14(2)12-8-9-15(14,3)16(18,10-12)11-4-6-13(17)7-5-11/h4-7,12,18H,8-10H2,1-3H3. The van der Waals surface area contributed by atoms with Gasteiger partial charge in [-0.05, 0) is 48.3 Å². The van der Waals surface area contributed by atoms with Crippen molar-refractivity contribution in [3.8, 4) is 0 Å². The van der Waals surface area contributed by atoms with Crippen molar-refractivity contribution in [1.29, 1.82) is 0 Å². The second kappa shape index (κ2) is 3.52. The first-order chi connectivity index (χ1) is 8.31. The largest absolute Gasteiger partial charge is 0.385 e. The Bertz CT molecular complexity index is 478. The zero-order valence-electron chi connectivity index (χ0n) is 11.3. The minimum atomic E-state index is -0.690. The lowest BCUT2D eigenvalue weighted by Crippen LogP contribution is -2.44. The Morgan fingerprint density at radius 2 is 1.78 bits per heavy atom. The van der Waals surface area contributed by atoms with E-state index in [4.69, 9.17) is 11.6 Å². The fraction of sp³-hybridized carbons (Fsp3) is 0.625. The minimum Gasteiger partial charge on any atom is -0.385 e. The highest BCUT2D eigenvalue weighted by Crippen LogP contribution is 2.72. The molecule has 98 valence electrons. The van der Waals surface area contributed by atoms with Crippen LogP contribution in [0.5, 0.6) is 0 Å². The van der Waals surface area contributed by atoms with Crippen LogP contribution < -0.4 is 0 Å². The van der Waals surface area contributed by atoms with Crippen molar-refractivity contribution < 1.29 is 5.11 Å². The average Bonchev–Trinajstić information content (AvgIpc) is 2.62. The molecular weight excluding hydrogens is 244 g/mol. The van der Waals surface area contributed by atoms with Gasteiger partial charge in [-0.1, -0.05) is 44.5 Å². The normalized spacial score (nSPS) is 41.3. The molecule has 0 aliphatic heterocycles. The molecule has 0 amide bonds. The SMILES string of the molecule is CC1(C)C2CCC1(C)C(O)(c1ccc(Cl)cc1)C2. The van der Waals surface area contributed by atoms with Crippen LogP contribution in [0.4, 0.5) is 0 Å².